The van der Waals surface area contributed by atoms with Crippen LogP contribution < -0.4 is 0 Å². The summed E-state index contributed by atoms with van der Waals surface area (Å²) in [6.45, 7) is 2.09. The summed E-state index contributed by atoms with van der Waals surface area (Å²) in [4.78, 5) is 29.3. The molecule has 1 aliphatic rings. The molecule has 146 valence electrons. The summed E-state index contributed by atoms with van der Waals surface area (Å²) in [6.07, 6.45) is 0.706. The molecule has 6 nitrogen and oxygen atoms in total. The number of carbonyl (C=O) groups is 2. The molecule has 2 amide bonds. The molecule has 2 aromatic heterocycles. The van der Waals surface area contributed by atoms with E-state index in [1.807, 2.05) is 48.5 Å². The van der Waals surface area contributed by atoms with Crippen molar-refractivity contribution in [2.45, 2.75) is 6.42 Å². The Morgan fingerprint density at radius 2 is 1.10 bits per heavy atom. The van der Waals surface area contributed by atoms with Gasteiger partial charge in [-0.25, -0.2) is 0 Å². The highest BCUT2D eigenvalue weighted by molar-refractivity contribution is 5.97. The highest BCUT2D eigenvalue weighted by Crippen LogP contribution is 2.22. The van der Waals surface area contributed by atoms with Gasteiger partial charge >= 0.3 is 0 Å². The van der Waals surface area contributed by atoms with Gasteiger partial charge in [0, 0.05) is 37.0 Å². The third kappa shape index (κ3) is 3.27. The summed E-state index contributed by atoms with van der Waals surface area (Å²) in [5.41, 5.74) is 1.40. The molecule has 0 spiro atoms. The van der Waals surface area contributed by atoms with E-state index in [-0.39, 0.29) is 11.8 Å². The molecule has 0 radical (unpaired) electrons. The SMILES string of the molecule is O=C(c1cc2ccccc2o1)N1CCCN(C(=O)c2cc3ccccc3o2)CC1. The fourth-order valence-corrected chi connectivity index (χ4v) is 3.81. The molecule has 1 saturated heterocycles. The van der Waals surface area contributed by atoms with Crippen LogP contribution >= 0.6 is 0 Å². The van der Waals surface area contributed by atoms with Crippen molar-refractivity contribution in [3.63, 3.8) is 0 Å². The van der Waals surface area contributed by atoms with Crippen LogP contribution in [-0.4, -0.2) is 47.8 Å². The molecule has 0 saturated carbocycles. The largest absolute Gasteiger partial charge is 0.451 e. The maximum absolute atomic E-state index is 12.9. The number of rotatable bonds is 2. The zero-order valence-corrected chi connectivity index (χ0v) is 15.8. The normalized spacial score (nSPS) is 15.0. The molecule has 4 aromatic rings. The summed E-state index contributed by atoms with van der Waals surface area (Å²) in [5.74, 6) is 0.394. The second-order valence-electron chi connectivity index (χ2n) is 7.23. The number of para-hydroxylation sites is 2. The maximum atomic E-state index is 12.9. The Morgan fingerprint density at radius 1 is 0.655 bits per heavy atom. The topological polar surface area (TPSA) is 66.9 Å². The first kappa shape index (κ1) is 17.6. The van der Waals surface area contributed by atoms with Gasteiger partial charge in [-0.3, -0.25) is 9.59 Å². The van der Waals surface area contributed by atoms with E-state index >= 15 is 0 Å². The fraction of sp³-hybridized carbons (Fsp3) is 0.217. The molecule has 0 atom stereocenters. The summed E-state index contributed by atoms with van der Waals surface area (Å²) in [6, 6.07) is 18.7. The van der Waals surface area contributed by atoms with Gasteiger partial charge in [-0.1, -0.05) is 36.4 Å². The molecule has 0 bridgehead atoms. The molecule has 29 heavy (non-hydrogen) atoms. The average Bonchev–Trinajstić information content (AvgIpc) is 3.30. The lowest BCUT2D eigenvalue weighted by molar-refractivity contribution is 0.0689. The van der Waals surface area contributed by atoms with Crippen molar-refractivity contribution in [2.24, 2.45) is 0 Å². The first-order chi connectivity index (χ1) is 14.2. The average molecular weight is 388 g/mol. The van der Waals surface area contributed by atoms with E-state index in [1.54, 1.807) is 21.9 Å². The van der Waals surface area contributed by atoms with E-state index in [2.05, 4.69) is 0 Å². The van der Waals surface area contributed by atoms with Crippen LogP contribution in [0.15, 0.2) is 69.5 Å². The highest BCUT2D eigenvalue weighted by Gasteiger charge is 2.26. The van der Waals surface area contributed by atoms with Crippen LogP contribution in [-0.2, 0) is 0 Å². The van der Waals surface area contributed by atoms with Gasteiger partial charge in [0.25, 0.3) is 11.8 Å². The van der Waals surface area contributed by atoms with Crippen molar-refractivity contribution < 1.29 is 18.4 Å². The number of hydrogen-bond donors (Lipinski definition) is 0. The minimum Gasteiger partial charge on any atom is -0.451 e. The minimum absolute atomic E-state index is 0.140. The van der Waals surface area contributed by atoms with Gasteiger partial charge in [-0.15, -0.1) is 0 Å². The molecule has 0 unspecified atom stereocenters. The van der Waals surface area contributed by atoms with Crippen LogP contribution in [0.2, 0.25) is 0 Å². The van der Waals surface area contributed by atoms with E-state index in [0.29, 0.717) is 55.3 Å². The third-order valence-corrected chi connectivity index (χ3v) is 5.34. The molecular formula is C23H20N2O4. The molecule has 2 aromatic carbocycles. The van der Waals surface area contributed by atoms with Gasteiger partial charge in [0.2, 0.25) is 0 Å². The monoisotopic (exact) mass is 388 g/mol. The van der Waals surface area contributed by atoms with Crippen molar-refractivity contribution in [1.82, 2.24) is 9.80 Å². The van der Waals surface area contributed by atoms with E-state index in [4.69, 9.17) is 8.83 Å². The lowest BCUT2D eigenvalue weighted by atomic mass is 10.2. The summed E-state index contributed by atoms with van der Waals surface area (Å²) in [7, 11) is 0. The molecular weight excluding hydrogens is 368 g/mol. The summed E-state index contributed by atoms with van der Waals surface area (Å²) in [5, 5.41) is 1.82. The van der Waals surface area contributed by atoms with E-state index < -0.39 is 0 Å². The number of carbonyl (C=O) groups excluding carboxylic acids is 2. The van der Waals surface area contributed by atoms with E-state index in [9.17, 15) is 9.59 Å². The number of fused-ring (bicyclic) bond motifs is 2. The molecule has 6 heteroatoms. The Labute approximate surface area is 167 Å². The Hall–Kier alpha value is -3.54. The number of benzene rings is 2. The van der Waals surface area contributed by atoms with Crippen LogP contribution in [0.4, 0.5) is 0 Å². The second-order valence-corrected chi connectivity index (χ2v) is 7.23. The zero-order chi connectivity index (χ0) is 19.8. The van der Waals surface area contributed by atoms with Crippen molar-refractivity contribution in [2.75, 3.05) is 26.2 Å². The van der Waals surface area contributed by atoms with Crippen LogP contribution in [0.1, 0.15) is 27.5 Å². The highest BCUT2D eigenvalue weighted by atomic mass is 16.4. The van der Waals surface area contributed by atoms with Gasteiger partial charge in [0.05, 0.1) is 0 Å². The minimum atomic E-state index is -0.140. The van der Waals surface area contributed by atoms with Crippen LogP contribution in [0, 0.1) is 0 Å². The molecule has 3 heterocycles. The molecule has 1 aliphatic heterocycles. The van der Waals surface area contributed by atoms with Crippen molar-refractivity contribution in [3.05, 3.63) is 72.2 Å². The first-order valence-electron chi connectivity index (χ1n) is 9.75. The molecule has 0 aliphatic carbocycles. The van der Waals surface area contributed by atoms with Crippen LogP contribution in [0.5, 0.6) is 0 Å². The lowest BCUT2D eigenvalue weighted by Crippen LogP contribution is -2.37. The number of nitrogens with zero attached hydrogens (tertiary/aromatic N) is 2. The Balaban J connectivity index is 1.30. The van der Waals surface area contributed by atoms with Gasteiger partial charge in [-0.05, 0) is 30.7 Å². The summed E-state index contributed by atoms with van der Waals surface area (Å²) < 4.78 is 11.4. The van der Waals surface area contributed by atoms with E-state index in [0.717, 1.165) is 10.8 Å². The smallest absolute Gasteiger partial charge is 0.289 e. The molecule has 1 fully saturated rings. The predicted octanol–water partition coefficient (Wildman–Crippen LogP) is 4.17. The van der Waals surface area contributed by atoms with Gasteiger partial charge < -0.3 is 18.6 Å². The maximum Gasteiger partial charge on any atom is 0.289 e. The van der Waals surface area contributed by atoms with Crippen LogP contribution in [0.3, 0.4) is 0 Å². The predicted molar refractivity (Wildman–Crippen MR) is 109 cm³/mol. The lowest BCUT2D eigenvalue weighted by Gasteiger charge is -2.20. The van der Waals surface area contributed by atoms with Gasteiger partial charge in [-0.2, -0.15) is 0 Å². The molecule has 5 rings (SSSR count). The third-order valence-electron chi connectivity index (χ3n) is 5.34. The standard InChI is InChI=1S/C23H20N2O4/c26-22(20-14-16-6-1-3-8-18(16)28-20)24-10-5-11-25(13-12-24)23(27)21-15-17-7-2-4-9-19(17)29-21/h1-4,6-9,14-15H,5,10-13H2. The Morgan fingerprint density at radius 3 is 1.55 bits per heavy atom. The zero-order valence-electron chi connectivity index (χ0n) is 15.8. The second kappa shape index (κ2) is 7.13. The van der Waals surface area contributed by atoms with Crippen molar-refractivity contribution in [1.29, 1.82) is 0 Å². The summed E-state index contributed by atoms with van der Waals surface area (Å²) >= 11 is 0. The Bertz CT molecular complexity index is 1050. The van der Waals surface area contributed by atoms with Gasteiger partial charge in [0.1, 0.15) is 11.2 Å². The van der Waals surface area contributed by atoms with Crippen molar-refractivity contribution in [3.8, 4) is 0 Å². The molecule has 0 N–H and O–H groups in total. The van der Waals surface area contributed by atoms with Crippen LogP contribution in [0.25, 0.3) is 21.9 Å². The fourth-order valence-electron chi connectivity index (χ4n) is 3.81. The number of hydrogen-bond acceptors (Lipinski definition) is 4. The number of amides is 2. The number of furan rings is 2. The quantitative estimate of drug-likeness (QED) is 0.517. The van der Waals surface area contributed by atoms with E-state index in [1.165, 1.54) is 0 Å². The first-order valence-corrected chi connectivity index (χ1v) is 9.75. The van der Waals surface area contributed by atoms with Crippen molar-refractivity contribution >= 4 is 33.8 Å². The van der Waals surface area contributed by atoms with Gasteiger partial charge in [0.15, 0.2) is 11.5 Å². The Kier molecular flexibility index (Phi) is 4.31.